The van der Waals surface area contributed by atoms with Crippen LogP contribution in [-0.4, -0.2) is 23.0 Å². The fourth-order valence-corrected chi connectivity index (χ4v) is 3.96. The number of pyridine rings is 1. The number of para-hydroxylation sites is 1. The summed E-state index contributed by atoms with van der Waals surface area (Å²) in [5.74, 6) is 0.635. The summed E-state index contributed by atoms with van der Waals surface area (Å²) in [6.07, 6.45) is 7.20. The van der Waals surface area contributed by atoms with Gasteiger partial charge in [-0.25, -0.2) is 0 Å². The molecule has 2 bridgehead atoms. The van der Waals surface area contributed by atoms with Crippen molar-refractivity contribution in [2.75, 3.05) is 5.32 Å². The predicted octanol–water partition coefficient (Wildman–Crippen LogP) is 3.09. The average molecular weight is 295 g/mol. The van der Waals surface area contributed by atoms with Crippen LogP contribution in [0.1, 0.15) is 32.1 Å². The first-order valence-electron chi connectivity index (χ1n) is 8.17. The van der Waals surface area contributed by atoms with E-state index in [9.17, 15) is 4.79 Å². The van der Waals surface area contributed by atoms with Gasteiger partial charge in [-0.1, -0.05) is 18.2 Å². The van der Waals surface area contributed by atoms with Gasteiger partial charge in [0.15, 0.2) is 0 Å². The second kappa shape index (κ2) is 5.69. The lowest BCUT2D eigenvalue weighted by atomic mass is 9.89. The minimum absolute atomic E-state index is 0.114. The molecule has 2 aliphatic rings. The topological polar surface area (TPSA) is 54.0 Å². The van der Waals surface area contributed by atoms with Gasteiger partial charge in [-0.2, -0.15) is 0 Å². The number of hydrogen-bond donors (Lipinski definition) is 2. The summed E-state index contributed by atoms with van der Waals surface area (Å²) in [7, 11) is 0. The number of anilines is 1. The molecule has 4 nitrogen and oxygen atoms in total. The smallest absolute Gasteiger partial charge is 0.224 e. The lowest BCUT2D eigenvalue weighted by Crippen LogP contribution is -2.39. The molecule has 22 heavy (non-hydrogen) atoms. The Hall–Kier alpha value is -1.94. The summed E-state index contributed by atoms with van der Waals surface area (Å²) in [5.41, 5.74) is 1.75. The van der Waals surface area contributed by atoms with Gasteiger partial charge in [0.2, 0.25) is 5.91 Å². The monoisotopic (exact) mass is 295 g/mol. The number of nitrogens with zero attached hydrogens (tertiary/aromatic N) is 1. The molecule has 1 amide bonds. The Labute approximate surface area is 130 Å². The molecule has 2 saturated heterocycles. The summed E-state index contributed by atoms with van der Waals surface area (Å²) in [4.78, 5) is 16.7. The van der Waals surface area contributed by atoms with Crippen molar-refractivity contribution in [2.45, 2.75) is 44.2 Å². The number of hydrogen-bond acceptors (Lipinski definition) is 3. The van der Waals surface area contributed by atoms with Crippen LogP contribution in [0.4, 0.5) is 5.69 Å². The van der Waals surface area contributed by atoms with Crippen LogP contribution >= 0.6 is 0 Å². The Morgan fingerprint density at radius 3 is 2.82 bits per heavy atom. The highest BCUT2D eigenvalue weighted by Gasteiger charge is 2.34. The van der Waals surface area contributed by atoms with Crippen molar-refractivity contribution in [1.82, 2.24) is 10.3 Å². The molecule has 2 atom stereocenters. The van der Waals surface area contributed by atoms with E-state index in [-0.39, 0.29) is 5.91 Å². The first-order valence-corrected chi connectivity index (χ1v) is 8.17. The number of piperidine rings is 1. The molecule has 2 aromatic rings. The van der Waals surface area contributed by atoms with E-state index >= 15 is 0 Å². The van der Waals surface area contributed by atoms with Crippen LogP contribution in [0.5, 0.6) is 0 Å². The van der Waals surface area contributed by atoms with E-state index in [0.29, 0.717) is 24.4 Å². The van der Waals surface area contributed by atoms with Gasteiger partial charge in [-0.05, 0) is 43.7 Å². The fourth-order valence-electron chi connectivity index (χ4n) is 3.96. The zero-order valence-electron chi connectivity index (χ0n) is 12.6. The summed E-state index contributed by atoms with van der Waals surface area (Å²) in [6.45, 7) is 0. The molecule has 0 aliphatic carbocycles. The van der Waals surface area contributed by atoms with Gasteiger partial charge in [0.25, 0.3) is 0 Å². The summed E-state index contributed by atoms with van der Waals surface area (Å²) in [5, 5.41) is 7.69. The van der Waals surface area contributed by atoms with Crippen LogP contribution in [0.2, 0.25) is 0 Å². The molecule has 0 saturated carbocycles. The van der Waals surface area contributed by atoms with E-state index in [0.717, 1.165) is 29.4 Å². The molecule has 2 N–H and O–H groups in total. The van der Waals surface area contributed by atoms with Crippen molar-refractivity contribution in [3.63, 3.8) is 0 Å². The van der Waals surface area contributed by atoms with Gasteiger partial charge in [-0.3, -0.25) is 9.78 Å². The molecular formula is C18H21N3O. The molecular weight excluding hydrogens is 274 g/mol. The number of amides is 1. The Kier molecular flexibility index (Phi) is 3.54. The van der Waals surface area contributed by atoms with Crippen LogP contribution in [0.25, 0.3) is 10.9 Å². The normalized spacial score (nSPS) is 27.0. The van der Waals surface area contributed by atoms with Gasteiger partial charge in [0.05, 0.1) is 17.4 Å². The molecule has 1 aromatic heterocycles. The first kappa shape index (κ1) is 13.7. The van der Waals surface area contributed by atoms with E-state index < -0.39 is 0 Å². The van der Waals surface area contributed by atoms with Gasteiger partial charge < -0.3 is 10.6 Å². The van der Waals surface area contributed by atoms with Crippen molar-refractivity contribution in [1.29, 1.82) is 0 Å². The van der Waals surface area contributed by atoms with Gasteiger partial charge in [0.1, 0.15) is 0 Å². The van der Waals surface area contributed by atoms with Crippen molar-refractivity contribution in [3.8, 4) is 0 Å². The van der Waals surface area contributed by atoms with Crippen molar-refractivity contribution in [3.05, 3.63) is 36.5 Å². The molecule has 0 spiro atoms. The third-order valence-electron chi connectivity index (χ3n) is 4.92. The van der Waals surface area contributed by atoms with E-state index in [2.05, 4.69) is 15.6 Å². The summed E-state index contributed by atoms with van der Waals surface area (Å²) in [6, 6.07) is 11.2. The third-order valence-corrected chi connectivity index (χ3v) is 4.92. The second-order valence-corrected chi connectivity index (χ2v) is 6.64. The van der Waals surface area contributed by atoms with E-state index in [1.807, 2.05) is 30.3 Å². The average Bonchev–Trinajstić information content (AvgIpc) is 2.86. The summed E-state index contributed by atoms with van der Waals surface area (Å²) < 4.78 is 0. The van der Waals surface area contributed by atoms with Crippen molar-refractivity contribution >= 4 is 22.5 Å². The van der Waals surface area contributed by atoms with Gasteiger partial charge in [-0.15, -0.1) is 0 Å². The number of rotatable bonds is 3. The van der Waals surface area contributed by atoms with Crippen LogP contribution in [0.15, 0.2) is 36.5 Å². The highest BCUT2D eigenvalue weighted by Crippen LogP contribution is 2.32. The maximum atomic E-state index is 12.3. The molecule has 0 radical (unpaired) electrons. The van der Waals surface area contributed by atoms with Crippen molar-refractivity contribution in [2.24, 2.45) is 5.92 Å². The summed E-state index contributed by atoms with van der Waals surface area (Å²) >= 11 is 0. The Morgan fingerprint density at radius 1 is 1.23 bits per heavy atom. The van der Waals surface area contributed by atoms with Crippen LogP contribution < -0.4 is 10.6 Å². The number of carbonyl (C=O) groups is 1. The first-order chi connectivity index (χ1) is 10.8. The van der Waals surface area contributed by atoms with E-state index in [1.165, 1.54) is 12.8 Å². The fraction of sp³-hybridized carbons (Fsp3) is 0.444. The minimum atomic E-state index is 0.114. The van der Waals surface area contributed by atoms with Crippen LogP contribution in [-0.2, 0) is 4.79 Å². The number of nitrogens with one attached hydrogen (secondary N) is 2. The Balaban J connectivity index is 1.40. The molecule has 2 unspecified atom stereocenters. The number of carbonyl (C=O) groups excluding carboxylic acids is 1. The molecule has 3 heterocycles. The third kappa shape index (κ3) is 2.83. The van der Waals surface area contributed by atoms with Gasteiger partial charge in [0, 0.05) is 23.9 Å². The quantitative estimate of drug-likeness (QED) is 0.915. The van der Waals surface area contributed by atoms with Crippen LogP contribution in [0.3, 0.4) is 0 Å². The largest absolute Gasteiger partial charge is 0.325 e. The zero-order valence-corrected chi connectivity index (χ0v) is 12.6. The molecule has 1 aromatic carbocycles. The van der Waals surface area contributed by atoms with Crippen LogP contribution in [0, 0.1) is 5.92 Å². The molecule has 114 valence electrons. The number of benzene rings is 1. The standard InChI is InChI=1S/C18H21N3O/c22-18(9-12-7-14-5-6-15(8-12)20-14)21-16-10-13-3-1-2-4-17(13)19-11-16/h1-4,10-12,14-15,20H,5-9H2,(H,21,22). The SMILES string of the molecule is O=C(CC1CC2CCC(C1)N2)Nc1cnc2ccccc2c1. The lowest BCUT2D eigenvalue weighted by Gasteiger charge is -2.28. The predicted molar refractivity (Wildman–Crippen MR) is 87.7 cm³/mol. The number of aromatic nitrogens is 1. The molecule has 2 aliphatic heterocycles. The van der Waals surface area contributed by atoms with E-state index in [1.54, 1.807) is 6.20 Å². The van der Waals surface area contributed by atoms with E-state index in [4.69, 9.17) is 0 Å². The maximum Gasteiger partial charge on any atom is 0.224 e. The molecule has 2 fully saturated rings. The van der Waals surface area contributed by atoms with Gasteiger partial charge >= 0.3 is 0 Å². The number of fused-ring (bicyclic) bond motifs is 3. The Bertz CT molecular complexity index is 688. The highest BCUT2D eigenvalue weighted by molar-refractivity contribution is 5.93. The second-order valence-electron chi connectivity index (χ2n) is 6.64. The molecule has 4 heteroatoms. The minimum Gasteiger partial charge on any atom is -0.325 e. The maximum absolute atomic E-state index is 12.3. The van der Waals surface area contributed by atoms with Crippen molar-refractivity contribution < 1.29 is 4.79 Å². The molecule has 4 rings (SSSR count). The zero-order chi connectivity index (χ0) is 14.9. The lowest BCUT2D eigenvalue weighted by molar-refractivity contribution is -0.117. The highest BCUT2D eigenvalue weighted by atomic mass is 16.1. The Morgan fingerprint density at radius 2 is 2.00 bits per heavy atom.